The molecule has 1 heterocycles. The van der Waals surface area contributed by atoms with Gasteiger partial charge in [0.05, 0.1) is 18.5 Å². The second-order valence-electron chi connectivity index (χ2n) is 4.04. The maximum atomic E-state index is 11.8. The van der Waals surface area contributed by atoms with E-state index in [1.807, 2.05) is 13.0 Å². The van der Waals surface area contributed by atoms with Gasteiger partial charge in [0.25, 0.3) is 0 Å². The minimum absolute atomic E-state index is 0.0351. The number of hydrogen-bond donors (Lipinski definition) is 1. The summed E-state index contributed by atoms with van der Waals surface area (Å²) in [6.45, 7) is 2.09. The number of carboxylic acid groups (broad SMARTS) is 1. The number of aliphatic carboxylic acids is 1. The molecule has 0 aliphatic carbocycles. The molecule has 0 aliphatic heterocycles. The van der Waals surface area contributed by atoms with E-state index in [-0.39, 0.29) is 25.3 Å². The molecule has 1 aromatic heterocycles. The summed E-state index contributed by atoms with van der Waals surface area (Å²) >= 11 is 0. The number of hydrogen-bond acceptors (Lipinski definition) is 3. The van der Waals surface area contributed by atoms with Crippen molar-refractivity contribution in [3.63, 3.8) is 0 Å². The summed E-state index contributed by atoms with van der Waals surface area (Å²) in [6.07, 6.45) is 0.208. The molecular formula is C11H17N3O3. The minimum atomic E-state index is -0.902. The third-order valence-electron chi connectivity index (χ3n) is 2.52. The van der Waals surface area contributed by atoms with Crippen molar-refractivity contribution in [3.05, 3.63) is 17.5 Å². The average molecular weight is 239 g/mol. The first-order chi connectivity index (χ1) is 7.90. The van der Waals surface area contributed by atoms with E-state index in [0.29, 0.717) is 0 Å². The molecular weight excluding hydrogens is 222 g/mol. The van der Waals surface area contributed by atoms with Crippen LogP contribution in [-0.2, 0) is 23.1 Å². The number of rotatable bonds is 5. The van der Waals surface area contributed by atoms with Crippen molar-refractivity contribution < 1.29 is 14.7 Å². The third kappa shape index (κ3) is 3.90. The smallest absolute Gasteiger partial charge is 0.305 e. The first kappa shape index (κ1) is 13.2. The fourth-order valence-electron chi connectivity index (χ4n) is 1.51. The summed E-state index contributed by atoms with van der Waals surface area (Å²) in [7, 11) is 3.39. The second kappa shape index (κ2) is 5.47. The van der Waals surface area contributed by atoms with Gasteiger partial charge in [0.2, 0.25) is 5.91 Å². The molecule has 0 saturated heterocycles. The van der Waals surface area contributed by atoms with Crippen LogP contribution < -0.4 is 0 Å². The first-order valence-electron chi connectivity index (χ1n) is 5.35. The van der Waals surface area contributed by atoms with Crippen LogP contribution in [-0.4, -0.2) is 45.3 Å². The molecule has 1 aromatic rings. The Kier molecular flexibility index (Phi) is 4.25. The average Bonchev–Trinajstić information content (AvgIpc) is 2.53. The Bertz CT molecular complexity index is 426. The highest BCUT2D eigenvalue weighted by atomic mass is 16.4. The fourth-order valence-corrected chi connectivity index (χ4v) is 1.51. The van der Waals surface area contributed by atoms with Gasteiger partial charge in [0.15, 0.2) is 0 Å². The molecule has 0 atom stereocenters. The topological polar surface area (TPSA) is 75.4 Å². The number of nitrogens with zero attached hydrogens (tertiary/aromatic N) is 3. The molecule has 17 heavy (non-hydrogen) atoms. The highest BCUT2D eigenvalue weighted by molar-refractivity contribution is 5.78. The third-order valence-corrected chi connectivity index (χ3v) is 2.52. The minimum Gasteiger partial charge on any atom is -0.481 e. The van der Waals surface area contributed by atoms with Crippen molar-refractivity contribution in [2.75, 3.05) is 13.6 Å². The van der Waals surface area contributed by atoms with Crippen molar-refractivity contribution >= 4 is 11.9 Å². The molecule has 0 unspecified atom stereocenters. The lowest BCUT2D eigenvalue weighted by atomic mass is 10.2. The van der Waals surface area contributed by atoms with E-state index in [4.69, 9.17) is 5.11 Å². The van der Waals surface area contributed by atoms with Gasteiger partial charge in [0.1, 0.15) is 0 Å². The Morgan fingerprint density at radius 2 is 2.18 bits per heavy atom. The Labute approximate surface area is 99.8 Å². The molecule has 94 valence electrons. The van der Waals surface area contributed by atoms with Crippen molar-refractivity contribution in [2.24, 2.45) is 7.05 Å². The largest absolute Gasteiger partial charge is 0.481 e. The molecule has 0 aliphatic rings. The summed E-state index contributed by atoms with van der Waals surface area (Å²) < 4.78 is 1.66. The van der Waals surface area contributed by atoms with Gasteiger partial charge in [-0.25, -0.2) is 0 Å². The van der Waals surface area contributed by atoms with Crippen molar-refractivity contribution in [1.29, 1.82) is 0 Å². The first-order valence-corrected chi connectivity index (χ1v) is 5.35. The van der Waals surface area contributed by atoms with Crippen LogP contribution in [0.5, 0.6) is 0 Å². The van der Waals surface area contributed by atoms with Crippen LogP contribution in [0.1, 0.15) is 17.8 Å². The lowest BCUT2D eigenvalue weighted by molar-refractivity contribution is -0.138. The molecule has 0 radical (unpaired) electrons. The van der Waals surface area contributed by atoms with Crippen molar-refractivity contribution in [1.82, 2.24) is 14.7 Å². The molecule has 0 spiro atoms. The van der Waals surface area contributed by atoms with E-state index in [0.717, 1.165) is 11.4 Å². The Hall–Kier alpha value is -1.85. The van der Waals surface area contributed by atoms with E-state index in [2.05, 4.69) is 5.10 Å². The van der Waals surface area contributed by atoms with Gasteiger partial charge in [-0.1, -0.05) is 0 Å². The number of aryl methyl sites for hydroxylation is 2. The summed E-state index contributed by atoms with van der Waals surface area (Å²) in [5, 5.41) is 12.7. The van der Waals surface area contributed by atoms with Crippen LogP contribution in [0, 0.1) is 6.92 Å². The van der Waals surface area contributed by atoms with E-state index in [9.17, 15) is 9.59 Å². The summed E-state index contributed by atoms with van der Waals surface area (Å²) in [5.41, 5.74) is 1.69. The lowest BCUT2D eigenvalue weighted by Gasteiger charge is -2.15. The van der Waals surface area contributed by atoms with Gasteiger partial charge in [-0.05, 0) is 13.0 Å². The molecule has 6 nitrogen and oxygen atoms in total. The molecule has 0 aromatic carbocycles. The maximum absolute atomic E-state index is 11.8. The highest BCUT2D eigenvalue weighted by Gasteiger charge is 2.13. The summed E-state index contributed by atoms with van der Waals surface area (Å²) in [5.74, 6) is -1.00. The van der Waals surface area contributed by atoms with Crippen LogP contribution in [0.4, 0.5) is 0 Å². The summed E-state index contributed by atoms with van der Waals surface area (Å²) in [6, 6.07) is 1.85. The van der Waals surface area contributed by atoms with E-state index < -0.39 is 5.97 Å². The Morgan fingerprint density at radius 3 is 2.65 bits per heavy atom. The predicted molar refractivity (Wildman–Crippen MR) is 61.5 cm³/mol. The number of amides is 1. The number of carbonyl (C=O) groups excluding carboxylic acids is 1. The molecule has 0 fully saturated rings. The Morgan fingerprint density at radius 1 is 1.53 bits per heavy atom. The van der Waals surface area contributed by atoms with E-state index in [1.165, 1.54) is 4.90 Å². The molecule has 6 heteroatoms. The van der Waals surface area contributed by atoms with Crippen LogP contribution >= 0.6 is 0 Å². The van der Waals surface area contributed by atoms with Crippen LogP contribution in [0.3, 0.4) is 0 Å². The van der Waals surface area contributed by atoms with E-state index >= 15 is 0 Å². The number of aromatic nitrogens is 2. The summed E-state index contributed by atoms with van der Waals surface area (Å²) in [4.78, 5) is 23.6. The van der Waals surface area contributed by atoms with Crippen LogP contribution in [0.25, 0.3) is 0 Å². The number of likely N-dealkylation sites (N-methyl/N-ethyl adjacent to an activating group) is 1. The second-order valence-corrected chi connectivity index (χ2v) is 4.04. The van der Waals surface area contributed by atoms with Gasteiger partial charge < -0.3 is 10.0 Å². The van der Waals surface area contributed by atoms with Gasteiger partial charge in [0, 0.05) is 26.3 Å². The normalized spacial score (nSPS) is 10.3. The van der Waals surface area contributed by atoms with Gasteiger partial charge in [-0.2, -0.15) is 5.10 Å². The molecule has 1 N–H and O–H groups in total. The Balaban J connectivity index is 2.54. The monoisotopic (exact) mass is 239 g/mol. The zero-order chi connectivity index (χ0) is 13.0. The highest BCUT2D eigenvalue weighted by Crippen LogP contribution is 2.04. The maximum Gasteiger partial charge on any atom is 0.305 e. The molecule has 1 amide bonds. The standard InChI is InChI=1S/C11H17N3O3/c1-8-6-9(14(3)12-8)7-10(15)13(2)5-4-11(16)17/h6H,4-5,7H2,1-3H3,(H,16,17). The van der Waals surface area contributed by atoms with Gasteiger partial charge in [-0.3, -0.25) is 14.3 Å². The molecule has 0 bridgehead atoms. The molecule has 1 rings (SSSR count). The number of carboxylic acids is 1. The predicted octanol–water partition coefficient (Wildman–Crippen LogP) is 0.204. The van der Waals surface area contributed by atoms with Crippen molar-refractivity contribution in [3.8, 4) is 0 Å². The molecule has 0 saturated carbocycles. The van der Waals surface area contributed by atoms with Crippen LogP contribution in [0.15, 0.2) is 6.07 Å². The van der Waals surface area contributed by atoms with Crippen molar-refractivity contribution in [2.45, 2.75) is 19.8 Å². The zero-order valence-electron chi connectivity index (χ0n) is 10.3. The number of carbonyl (C=O) groups is 2. The van der Waals surface area contributed by atoms with E-state index in [1.54, 1.807) is 18.8 Å². The SMILES string of the molecule is Cc1cc(CC(=O)N(C)CCC(=O)O)n(C)n1. The van der Waals surface area contributed by atoms with Crippen LogP contribution in [0.2, 0.25) is 0 Å². The van der Waals surface area contributed by atoms with Gasteiger partial charge >= 0.3 is 5.97 Å². The quantitative estimate of drug-likeness (QED) is 0.796. The zero-order valence-corrected chi connectivity index (χ0v) is 10.3. The fraction of sp³-hybridized carbons (Fsp3) is 0.545. The lowest BCUT2D eigenvalue weighted by Crippen LogP contribution is -2.30. The van der Waals surface area contributed by atoms with Gasteiger partial charge in [-0.15, -0.1) is 0 Å².